The summed E-state index contributed by atoms with van der Waals surface area (Å²) in [4.78, 5) is 4.73. The Bertz CT molecular complexity index is 631. The predicted molar refractivity (Wildman–Crippen MR) is 85.3 cm³/mol. The van der Waals surface area contributed by atoms with Crippen LogP contribution in [0.25, 0.3) is 0 Å². The quantitative estimate of drug-likeness (QED) is 0.876. The average Bonchev–Trinajstić information content (AvgIpc) is 3.12. The molecule has 112 valence electrons. The van der Waals surface area contributed by atoms with E-state index < -0.39 is 0 Å². The minimum Gasteiger partial charge on any atom is -0.301 e. The van der Waals surface area contributed by atoms with Gasteiger partial charge in [-0.3, -0.25) is 0 Å². The average molecular weight is 304 g/mol. The fraction of sp³-hybridized carbons (Fsp3) is 0.471. The van der Waals surface area contributed by atoms with Gasteiger partial charge in [0.05, 0.1) is 11.7 Å². The van der Waals surface area contributed by atoms with Gasteiger partial charge in [-0.2, -0.15) is 0 Å². The van der Waals surface area contributed by atoms with Crippen LogP contribution in [0.5, 0.6) is 0 Å². The van der Waals surface area contributed by atoms with Crippen LogP contribution in [0.2, 0.25) is 0 Å². The molecule has 2 nitrogen and oxygen atoms in total. The normalized spacial score (nSPS) is 16.4. The number of nitrogens with zero attached hydrogens (tertiary/aromatic N) is 1. The summed E-state index contributed by atoms with van der Waals surface area (Å²) in [7, 11) is 0. The van der Waals surface area contributed by atoms with E-state index in [0.717, 1.165) is 16.3 Å². The molecular weight excluding hydrogens is 283 g/mol. The number of thiazole rings is 1. The third-order valence-electron chi connectivity index (χ3n) is 3.82. The summed E-state index contributed by atoms with van der Waals surface area (Å²) in [5.41, 5.74) is 2.88. The van der Waals surface area contributed by atoms with Crippen LogP contribution < -0.4 is 5.32 Å². The van der Waals surface area contributed by atoms with E-state index >= 15 is 0 Å². The Morgan fingerprint density at radius 1 is 1.33 bits per heavy atom. The molecule has 1 fully saturated rings. The third kappa shape index (κ3) is 3.33. The molecule has 21 heavy (non-hydrogen) atoms. The maximum absolute atomic E-state index is 14.3. The van der Waals surface area contributed by atoms with Crippen LogP contribution in [0.15, 0.2) is 23.6 Å². The first-order valence-electron chi connectivity index (χ1n) is 7.52. The molecule has 0 spiro atoms. The van der Waals surface area contributed by atoms with Crippen molar-refractivity contribution in [1.82, 2.24) is 10.3 Å². The Hall–Kier alpha value is -1.26. The Labute approximate surface area is 129 Å². The molecule has 0 aliphatic heterocycles. The molecule has 0 radical (unpaired) electrons. The van der Waals surface area contributed by atoms with Crippen LogP contribution in [0.1, 0.15) is 60.5 Å². The smallest absolute Gasteiger partial charge is 0.128 e. The van der Waals surface area contributed by atoms with Gasteiger partial charge in [0, 0.05) is 17.0 Å². The zero-order valence-corrected chi connectivity index (χ0v) is 13.5. The van der Waals surface area contributed by atoms with E-state index in [1.54, 1.807) is 17.4 Å². The van der Waals surface area contributed by atoms with E-state index in [1.165, 1.54) is 12.8 Å². The first kappa shape index (κ1) is 14.7. The highest BCUT2D eigenvalue weighted by molar-refractivity contribution is 7.09. The molecule has 1 unspecified atom stereocenters. The SMILES string of the molecule is Cc1ccc(F)c(C(NC2CC2)c2nc(C(C)C)cs2)c1. The fourth-order valence-corrected chi connectivity index (χ4v) is 3.42. The third-order valence-corrected chi connectivity index (χ3v) is 4.75. The van der Waals surface area contributed by atoms with Crippen molar-refractivity contribution < 1.29 is 4.39 Å². The molecule has 1 aromatic carbocycles. The van der Waals surface area contributed by atoms with Gasteiger partial charge in [-0.25, -0.2) is 9.37 Å². The van der Waals surface area contributed by atoms with E-state index in [1.807, 2.05) is 19.1 Å². The van der Waals surface area contributed by atoms with E-state index in [4.69, 9.17) is 4.98 Å². The zero-order valence-electron chi connectivity index (χ0n) is 12.7. The maximum Gasteiger partial charge on any atom is 0.128 e. The van der Waals surface area contributed by atoms with Gasteiger partial charge in [-0.15, -0.1) is 11.3 Å². The molecule has 4 heteroatoms. The Morgan fingerprint density at radius 3 is 2.71 bits per heavy atom. The standard InChI is InChI=1S/C17H21FN2S/c1-10(2)15-9-21-17(20-15)16(19-12-5-6-12)13-8-11(3)4-7-14(13)18/h4,7-10,12,16,19H,5-6H2,1-3H3. The lowest BCUT2D eigenvalue weighted by Gasteiger charge is -2.18. The molecule has 1 N–H and O–H groups in total. The van der Waals surface area contributed by atoms with Crippen molar-refractivity contribution in [3.8, 4) is 0 Å². The fourth-order valence-electron chi connectivity index (χ4n) is 2.36. The summed E-state index contributed by atoms with van der Waals surface area (Å²) in [6.45, 7) is 6.27. The van der Waals surface area contributed by atoms with Gasteiger partial charge in [0.2, 0.25) is 0 Å². The largest absolute Gasteiger partial charge is 0.301 e. The summed E-state index contributed by atoms with van der Waals surface area (Å²) in [6, 6.07) is 5.68. The number of aryl methyl sites for hydroxylation is 1. The molecule has 1 aliphatic carbocycles. The van der Waals surface area contributed by atoms with Crippen molar-refractivity contribution in [2.45, 2.75) is 51.6 Å². The van der Waals surface area contributed by atoms with Crippen molar-refractivity contribution >= 4 is 11.3 Å². The first-order valence-corrected chi connectivity index (χ1v) is 8.40. The van der Waals surface area contributed by atoms with Crippen LogP contribution in [0.4, 0.5) is 4.39 Å². The number of nitrogens with one attached hydrogen (secondary N) is 1. The molecule has 1 aliphatic rings. The zero-order chi connectivity index (χ0) is 15.0. The van der Waals surface area contributed by atoms with Crippen LogP contribution in [-0.4, -0.2) is 11.0 Å². The lowest BCUT2D eigenvalue weighted by atomic mass is 10.0. The molecule has 1 saturated carbocycles. The van der Waals surface area contributed by atoms with Gasteiger partial charge in [0.25, 0.3) is 0 Å². The Balaban J connectivity index is 1.97. The van der Waals surface area contributed by atoms with Crippen molar-refractivity contribution in [2.75, 3.05) is 0 Å². The van der Waals surface area contributed by atoms with Gasteiger partial charge in [-0.05, 0) is 31.7 Å². The second-order valence-electron chi connectivity index (χ2n) is 6.16. The molecule has 1 heterocycles. The summed E-state index contributed by atoms with van der Waals surface area (Å²) in [5, 5.41) is 6.61. The maximum atomic E-state index is 14.3. The summed E-state index contributed by atoms with van der Waals surface area (Å²) < 4.78 is 14.3. The number of halogens is 1. The number of hydrogen-bond acceptors (Lipinski definition) is 3. The molecule has 1 atom stereocenters. The second-order valence-corrected chi connectivity index (χ2v) is 7.05. The van der Waals surface area contributed by atoms with Gasteiger partial charge in [0.1, 0.15) is 10.8 Å². The van der Waals surface area contributed by atoms with Gasteiger partial charge in [0.15, 0.2) is 0 Å². The highest BCUT2D eigenvalue weighted by atomic mass is 32.1. The molecule has 2 aromatic rings. The van der Waals surface area contributed by atoms with Gasteiger partial charge in [-0.1, -0.05) is 31.5 Å². The van der Waals surface area contributed by atoms with E-state index in [0.29, 0.717) is 17.5 Å². The molecular formula is C17H21FN2S. The lowest BCUT2D eigenvalue weighted by molar-refractivity contribution is 0.543. The van der Waals surface area contributed by atoms with Crippen LogP contribution in [0.3, 0.4) is 0 Å². The van der Waals surface area contributed by atoms with Crippen molar-refractivity contribution in [3.05, 3.63) is 51.2 Å². The highest BCUT2D eigenvalue weighted by Gasteiger charge is 2.29. The van der Waals surface area contributed by atoms with Crippen molar-refractivity contribution in [1.29, 1.82) is 0 Å². The highest BCUT2D eigenvalue weighted by Crippen LogP contribution is 2.33. The second kappa shape index (κ2) is 5.85. The predicted octanol–water partition coefficient (Wildman–Crippen LogP) is 4.56. The van der Waals surface area contributed by atoms with E-state index in [9.17, 15) is 4.39 Å². The number of hydrogen-bond donors (Lipinski definition) is 1. The summed E-state index contributed by atoms with van der Waals surface area (Å²) in [5.74, 6) is 0.249. The van der Waals surface area contributed by atoms with Gasteiger partial charge < -0.3 is 5.32 Å². The number of benzene rings is 1. The Kier molecular flexibility index (Phi) is 4.09. The summed E-state index contributed by atoms with van der Waals surface area (Å²) in [6.07, 6.45) is 2.35. The monoisotopic (exact) mass is 304 g/mol. The van der Waals surface area contributed by atoms with Gasteiger partial charge >= 0.3 is 0 Å². The molecule has 1 aromatic heterocycles. The van der Waals surface area contributed by atoms with Crippen molar-refractivity contribution in [2.24, 2.45) is 0 Å². The van der Waals surface area contributed by atoms with Crippen LogP contribution in [0, 0.1) is 12.7 Å². The van der Waals surface area contributed by atoms with Crippen LogP contribution >= 0.6 is 11.3 Å². The van der Waals surface area contributed by atoms with E-state index in [2.05, 4.69) is 24.5 Å². The first-order chi connectivity index (χ1) is 10.0. The molecule has 0 bridgehead atoms. The molecule has 0 saturated heterocycles. The van der Waals surface area contributed by atoms with Crippen molar-refractivity contribution in [3.63, 3.8) is 0 Å². The minimum atomic E-state index is -0.153. The topological polar surface area (TPSA) is 24.9 Å². The summed E-state index contributed by atoms with van der Waals surface area (Å²) >= 11 is 1.62. The molecule has 3 rings (SSSR count). The Morgan fingerprint density at radius 2 is 2.10 bits per heavy atom. The molecule has 0 amide bonds. The number of rotatable bonds is 5. The minimum absolute atomic E-state index is 0.130. The lowest BCUT2D eigenvalue weighted by Crippen LogP contribution is -2.25. The van der Waals surface area contributed by atoms with E-state index in [-0.39, 0.29) is 11.9 Å². The van der Waals surface area contributed by atoms with Crippen LogP contribution in [-0.2, 0) is 0 Å². The number of aromatic nitrogens is 1.